The van der Waals surface area contributed by atoms with Crippen LogP contribution in [0.4, 0.5) is 0 Å². The molecule has 28 heavy (non-hydrogen) atoms. The Morgan fingerprint density at radius 1 is 1.00 bits per heavy atom. The smallest absolute Gasteiger partial charge is 0.251 e. The molecule has 150 valence electrons. The number of carbonyl (C=O) groups is 1. The van der Waals surface area contributed by atoms with E-state index in [2.05, 4.69) is 25.2 Å². The molecule has 0 unspecified atom stereocenters. The molecule has 1 aliphatic rings. The second-order valence-electron chi connectivity index (χ2n) is 7.68. The fourth-order valence-corrected chi connectivity index (χ4v) is 3.82. The summed E-state index contributed by atoms with van der Waals surface area (Å²) in [6, 6.07) is 12.1. The number of ether oxygens (including phenoxy) is 2. The molecule has 4 heteroatoms. The van der Waals surface area contributed by atoms with Gasteiger partial charge >= 0.3 is 0 Å². The zero-order valence-corrected chi connectivity index (χ0v) is 17.2. The van der Waals surface area contributed by atoms with E-state index in [-0.39, 0.29) is 5.91 Å². The first-order chi connectivity index (χ1) is 13.5. The minimum absolute atomic E-state index is 0.0115. The van der Waals surface area contributed by atoms with Crippen LogP contribution in [0.3, 0.4) is 0 Å². The van der Waals surface area contributed by atoms with Gasteiger partial charge in [-0.15, -0.1) is 0 Å². The normalized spacial score (nSPS) is 14.5. The zero-order chi connectivity index (χ0) is 19.9. The van der Waals surface area contributed by atoms with Crippen molar-refractivity contribution in [3.05, 3.63) is 58.7 Å². The molecule has 0 spiro atoms. The Bertz CT molecular complexity index is 789. The molecule has 1 fully saturated rings. The fraction of sp³-hybridized carbons (Fsp3) is 0.458. The number of aryl methyl sites for hydroxylation is 2. The first kappa shape index (κ1) is 20.2. The van der Waals surface area contributed by atoms with Crippen LogP contribution < -0.4 is 14.8 Å². The third-order valence-corrected chi connectivity index (χ3v) is 5.15. The van der Waals surface area contributed by atoms with Crippen LogP contribution >= 0.6 is 0 Å². The predicted octanol–water partition coefficient (Wildman–Crippen LogP) is 5.34. The molecule has 0 aromatic heterocycles. The molecule has 0 heterocycles. The van der Waals surface area contributed by atoms with E-state index in [4.69, 9.17) is 9.47 Å². The van der Waals surface area contributed by atoms with Crippen LogP contribution in [0.25, 0.3) is 0 Å². The molecule has 1 amide bonds. The summed E-state index contributed by atoms with van der Waals surface area (Å²) in [6.07, 6.45) is 5.82. The highest BCUT2D eigenvalue weighted by Crippen LogP contribution is 2.24. The first-order valence-electron chi connectivity index (χ1n) is 10.3. The van der Waals surface area contributed by atoms with Gasteiger partial charge in [0.2, 0.25) is 0 Å². The van der Waals surface area contributed by atoms with Gasteiger partial charge in [-0.2, -0.15) is 0 Å². The number of rotatable bonds is 7. The van der Waals surface area contributed by atoms with Crippen LogP contribution in [-0.2, 0) is 6.61 Å². The van der Waals surface area contributed by atoms with E-state index in [1.807, 2.05) is 37.3 Å². The van der Waals surface area contributed by atoms with Crippen LogP contribution in [0.15, 0.2) is 36.4 Å². The predicted molar refractivity (Wildman–Crippen MR) is 112 cm³/mol. The van der Waals surface area contributed by atoms with Crippen molar-refractivity contribution in [1.29, 1.82) is 0 Å². The molecule has 1 aliphatic carbocycles. The van der Waals surface area contributed by atoms with Crippen molar-refractivity contribution in [2.45, 2.75) is 65.5 Å². The van der Waals surface area contributed by atoms with Crippen molar-refractivity contribution >= 4 is 5.91 Å². The average molecular weight is 382 g/mol. The summed E-state index contributed by atoms with van der Waals surface area (Å²) in [5.74, 6) is 1.58. The van der Waals surface area contributed by atoms with Crippen molar-refractivity contribution in [2.24, 2.45) is 0 Å². The average Bonchev–Trinajstić information content (AvgIpc) is 2.67. The molecule has 4 nitrogen and oxygen atoms in total. The number of benzene rings is 2. The Hall–Kier alpha value is -2.49. The van der Waals surface area contributed by atoms with Gasteiger partial charge in [0.25, 0.3) is 5.91 Å². The van der Waals surface area contributed by atoms with E-state index in [0.717, 1.165) is 29.9 Å². The summed E-state index contributed by atoms with van der Waals surface area (Å²) in [5.41, 5.74) is 3.88. The van der Waals surface area contributed by atoms with Crippen LogP contribution in [0, 0.1) is 13.8 Å². The second-order valence-corrected chi connectivity index (χ2v) is 7.68. The molecule has 0 saturated heterocycles. The molecule has 2 aromatic carbocycles. The fourth-order valence-electron chi connectivity index (χ4n) is 3.82. The first-order valence-corrected chi connectivity index (χ1v) is 10.3. The van der Waals surface area contributed by atoms with Gasteiger partial charge < -0.3 is 14.8 Å². The molecule has 2 aromatic rings. The lowest BCUT2D eigenvalue weighted by Gasteiger charge is -2.23. The van der Waals surface area contributed by atoms with Gasteiger partial charge in [0.1, 0.15) is 18.1 Å². The van der Waals surface area contributed by atoms with Gasteiger partial charge in [-0.3, -0.25) is 4.79 Å². The number of hydrogen-bond donors (Lipinski definition) is 1. The molecular weight excluding hydrogens is 350 g/mol. The monoisotopic (exact) mass is 381 g/mol. The highest BCUT2D eigenvalue weighted by Gasteiger charge is 2.18. The van der Waals surface area contributed by atoms with Gasteiger partial charge in [0.15, 0.2) is 0 Å². The molecular formula is C24H31NO3. The summed E-state index contributed by atoms with van der Waals surface area (Å²) in [5, 5.41) is 3.18. The van der Waals surface area contributed by atoms with E-state index < -0.39 is 0 Å². The van der Waals surface area contributed by atoms with Crippen molar-refractivity contribution in [2.75, 3.05) is 6.61 Å². The van der Waals surface area contributed by atoms with Crippen LogP contribution in [0.1, 0.15) is 66.1 Å². The van der Waals surface area contributed by atoms with Crippen LogP contribution in [-0.4, -0.2) is 18.6 Å². The minimum atomic E-state index is -0.0115. The summed E-state index contributed by atoms with van der Waals surface area (Å²) >= 11 is 0. The van der Waals surface area contributed by atoms with Gasteiger partial charge in [-0.05, 0) is 75.1 Å². The standard InChI is InChI=1S/C24H31NO3/c1-4-27-23-11-10-19(24(26)25-21-8-6-5-7-9-21)15-20(23)16-28-22-13-17(2)12-18(3)14-22/h10-15,21H,4-9,16H2,1-3H3,(H,25,26). The maximum Gasteiger partial charge on any atom is 0.251 e. The topological polar surface area (TPSA) is 47.6 Å². The van der Waals surface area contributed by atoms with E-state index in [0.29, 0.717) is 24.8 Å². The summed E-state index contributed by atoms with van der Waals surface area (Å²) in [7, 11) is 0. The third-order valence-electron chi connectivity index (χ3n) is 5.15. The lowest BCUT2D eigenvalue weighted by Crippen LogP contribution is -2.36. The Morgan fingerprint density at radius 2 is 1.71 bits per heavy atom. The van der Waals surface area contributed by atoms with Gasteiger partial charge in [0.05, 0.1) is 6.61 Å². The van der Waals surface area contributed by atoms with E-state index in [1.54, 1.807) is 0 Å². The molecule has 0 radical (unpaired) electrons. The summed E-state index contributed by atoms with van der Waals surface area (Å²) in [6.45, 7) is 7.01. The lowest BCUT2D eigenvalue weighted by atomic mass is 9.95. The SMILES string of the molecule is CCOc1ccc(C(=O)NC2CCCCC2)cc1COc1cc(C)cc(C)c1. The lowest BCUT2D eigenvalue weighted by molar-refractivity contribution is 0.0927. The van der Waals surface area contributed by atoms with Crippen molar-refractivity contribution in [3.8, 4) is 11.5 Å². The van der Waals surface area contributed by atoms with Crippen LogP contribution in [0.2, 0.25) is 0 Å². The number of hydrogen-bond acceptors (Lipinski definition) is 3. The molecule has 3 rings (SSSR count). The van der Waals surface area contributed by atoms with E-state index in [1.165, 1.54) is 30.4 Å². The second kappa shape index (κ2) is 9.63. The molecule has 1 saturated carbocycles. The molecule has 0 aliphatic heterocycles. The van der Waals surface area contributed by atoms with Crippen molar-refractivity contribution < 1.29 is 14.3 Å². The Balaban J connectivity index is 1.73. The van der Waals surface area contributed by atoms with Crippen molar-refractivity contribution in [1.82, 2.24) is 5.32 Å². The molecule has 0 atom stereocenters. The Labute approximate surface area is 168 Å². The Morgan fingerprint density at radius 3 is 2.39 bits per heavy atom. The maximum atomic E-state index is 12.7. The minimum Gasteiger partial charge on any atom is -0.493 e. The Kier molecular flexibility index (Phi) is 6.96. The zero-order valence-electron chi connectivity index (χ0n) is 17.2. The molecule has 1 N–H and O–H groups in total. The quantitative estimate of drug-likeness (QED) is 0.704. The summed E-state index contributed by atoms with van der Waals surface area (Å²) in [4.78, 5) is 12.7. The summed E-state index contributed by atoms with van der Waals surface area (Å²) < 4.78 is 11.8. The number of nitrogens with one attached hydrogen (secondary N) is 1. The highest BCUT2D eigenvalue weighted by atomic mass is 16.5. The van der Waals surface area contributed by atoms with Crippen molar-refractivity contribution in [3.63, 3.8) is 0 Å². The maximum absolute atomic E-state index is 12.7. The van der Waals surface area contributed by atoms with E-state index >= 15 is 0 Å². The largest absolute Gasteiger partial charge is 0.493 e. The van der Waals surface area contributed by atoms with E-state index in [9.17, 15) is 4.79 Å². The molecule has 0 bridgehead atoms. The van der Waals surface area contributed by atoms with Gasteiger partial charge in [-0.1, -0.05) is 25.3 Å². The number of amides is 1. The third kappa shape index (κ3) is 5.51. The highest BCUT2D eigenvalue weighted by molar-refractivity contribution is 5.94. The van der Waals surface area contributed by atoms with Gasteiger partial charge in [0, 0.05) is 17.2 Å². The van der Waals surface area contributed by atoms with Gasteiger partial charge in [-0.25, -0.2) is 0 Å². The number of carbonyl (C=O) groups excluding carboxylic acids is 1. The van der Waals surface area contributed by atoms with Crippen LogP contribution in [0.5, 0.6) is 11.5 Å².